The highest BCUT2D eigenvalue weighted by atomic mass is 16.5. The number of nitrogens with zero attached hydrogens (tertiary/aromatic N) is 1. The average molecular weight is 382 g/mol. The summed E-state index contributed by atoms with van der Waals surface area (Å²) in [5.74, 6) is 1.51. The van der Waals surface area contributed by atoms with Crippen molar-refractivity contribution < 1.29 is 14.2 Å². The van der Waals surface area contributed by atoms with Gasteiger partial charge in [0.15, 0.2) is 5.96 Å². The van der Waals surface area contributed by atoms with Gasteiger partial charge in [0.2, 0.25) is 0 Å². The highest BCUT2D eigenvalue weighted by molar-refractivity contribution is 5.80. The molecule has 3 atom stereocenters. The van der Waals surface area contributed by atoms with Crippen molar-refractivity contribution in [3.05, 3.63) is 0 Å². The molecule has 3 fully saturated rings. The fraction of sp³-hybridized carbons (Fsp3) is 0.952. The fourth-order valence-electron chi connectivity index (χ4n) is 4.97. The van der Waals surface area contributed by atoms with E-state index in [0.29, 0.717) is 23.5 Å². The first-order valence-electron chi connectivity index (χ1n) is 11.0. The number of rotatable bonds is 9. The summed E-state index contributed by atoms with van der Waals surface area (Å²) in [6.45, 7) is 7.19. The van der Waals surface area contributed by atoms with E-state index < -0.39 is 0 Å². The van der Waals surface area contributed by atoms with Gasteiger partial charge >= 0.3 is 0 Å². The van der Waals surface area contributed by atoms with Crippen LogP contribution < -0.4 is 10.6 Å². The normalized spacial score (nSPS) is 30.3. The van der Waals surface area contributed by atoms with Gasteiger partial charge in [-0.2, -0.15) is 0 Å². The molecule has 6 nitrogen and oxygen atoms in total. The Kier molecular flexibility index (Phi) is 8.22. The SMILES string of the molecule is CCOC1CC(NC(=NC)NCCCOCC2CCOC2)C12CCCCC2. The average Bonchev–Trinajstić information content (AvgIpc) is 3.22. The van der Waals surface area contributed by atoms with E-state index in [9.17, 15) is 0 Å². The molecule has 0 bridgehead atoms. The minimum absolute atomic E-state index is 0.318. The van der Waals surface area contributed by atoms with E-state index in [1.54, 1.807) is 0 Å². The zero-order chi connectivity index (χ0) is 19.0. The topological polar surface area (TPSA) is 64.1 Å². The van der Waals surface area contributed by atoms with Crippen LogP contribution in [0.3, 0.4) is 0 Å². The third-order valence-corrected chi connectivity index (χ3v) is 6.61. The second-order valence-electron chi connectivity index (χ2n) is 8.33. The Morgan fingerprint density at radius 2 is 2.11 bits per heavy atom. The molecule has 2 aliphatic carbocycles. The van der Waals surface area contributed by atoms with Crippen LogP contribution in [-0.2, 0) is 14.2 Å². The molecule has 0 aromatic rings. The number of aliphatic imine (C=N–C) groups is 1. The second kappa shape index (κ2) is 10.6. The number of ether oxygens (including phenoxy) is 3. The van der Waals surface area contributed by atoms with Crippen LogP contribution in [0.15, 0.2) is 4.99 Å². The van der Waals surface area contributed by atoms with Gasteiger partial charge in [-0.05, 0) is 39.0 Å². The molecule has 0 aromatic heterocycles. The molecule has 1 saturated heterocycles. The molecule has 3 aliphatic rings. The molecule has 156 valence electrons. The van der Waals surface area contributed by atoms with Gasteiger partial charge in [0.25, 0.3) is 0 Å². The second-order valence-corrected chi connectivity index (χ2v) is 8.33. The molecule has 0 aromatic carbocycles. The van der Waals surface area contributed by atoms with Crippen LogP contribution in [0.4, 0.5) is 0 Å². The van der Waals surface area contributed by atoms with E-state index in [1.165, 1.54) is 32.1 Å². The van der Waals surface area contributed by atoms with E-state index in [4.69, 9.17) is 14.2 Å². The van der Waals surface area contributed by atoms with Gasteiger partial charge in [0.1, 0.15) is 0 Å². The third-order valence-electron chi connectivity index (χ3n) is 6.61. The smallest absolute Gasteiger partial charge is 0.191 e. The van der Waals surface area contributed by atoms with Crippen molar-refractivity contribution in [2.75, 3.05) is 46.6 Å². The van der Waals surface area contributed by atoms with E-state index in [2.05, 4.69) is 22.5 Å². The first kappa shape index (κ1) is 20.9. The number of hydrogen-bond donors (Lipinski definition) is 2. The van der Waals surface area contributed by atoms with Crippen LogP contribution >= 0.6 is 0 Å². The van der Waals surface area contributed by atoms with Gasteiger partial charge in [-0.25, -0.2) is 0 Å². The van der Waals surface area contributed by atoms with E-state index >= 15 is 0 Å². The third kappa shape index (κ3) is 5.36. The predicted molar refractivity (Wildman–Crippen MR) is 108 cm³/mol. The Morgan fingerprint density at radius 1 is 1.26 bits per heavy atom. The van der Waals surface area contributed by atoms with Crippen molar-refractivity contribution in [3.8, 4) is 0 Å². The van der Waals surface area contributed by atoms with E-state index in [1.807, 2.05) is 7.05 Å². The minimum Gasteiger partial charge on any atom is -0.381 e. The number of nitrogens with one attached hydrogen (secondary N) is 2. The van der Waals surface area contributed by atoms with Crippen LogP contribution in [0.5, 0.6) is 0 Å². The lowest BCUT2D eigenvalue weighted by Crippen LogP contribution is -2.66. The molecule has 2 N–H and O–H groups in total. The molecular weight excluding hydrogens is 342 g/mol. The maximum atomic E-state index is 6.06. The molecule has 3 unspecified atom stereocenters. The lowest BCUT2D eigenvalue weighted by Gasteiger charge is -2.57. The lowest BCUT2D eigenvalue weighted by molar-refractivity contribution is -0.145. The molecule has 3 rings (SSSR count). The monoisotopic (exact) mass is 381 g/mol. The Hall–Kier alpha value is -0.850. The standard InChI is InChI=1S/C21H39N3O3/c1-3-27-19-14-18(21(19)9-5-4-6-10-21)24-20(22-2)23-11-7-12-25-15-17-8-13-26-16-17/h17-19H,3-16H2,1-2H3,(H2,22,23,24). The van der Waals surface area contributed by atoms with Gasteiger partial charge in [0.05, 0.1) is 19.3 Å². The predicted octanol–water partition coefficient (Wildman–Crippen LogP) is 2.72. The summed E-state index contributed by atoms with van der Waals surface area (Å²) in [5, 5.41) is 7.15. The Balaban J connectivity index is 1.35. The maximum absolute atomic E-state index is 6.06. The highest BCUT2D eigenvalue weighted by Gasteiger charge is 2.55. The first-order valence-corrected chi connectivity index (χ1v) is 11.0. The van der Waals surface area contributed by atoms with Crippen LogP contribution in [0.1, 0.15) is 58.3 Å². The summed E-state index contributed by atoms with van der Waals surface area (Å²) in [5.41, 5.74) is 0.318. The van der Waals surface area contributed by atoms with Crippen LogP contribution in [0.2, 0.25) is 0 Å². The molecule has 1 heterocycles. The van der Waals surface area contributed by atoms with Crippen LogP contribution in [-0.4, -0.2) is 64.7 Å². The van der Waals surface area contributed by atoms with Gasteiger partial charge in [-0.15, -0.1) is 0 Å². The molecule has 0 radical (unpaired) electrons. The highest BCUT2D eigenvalue weighted by Crippen LogP contribution is 2.53. The number of guanidine groups is 1. The molecule has 1 spiro atoms. The zero-order valence-electron chi connectivity index (χ0n) is 17.3. The summed E-state index contributed by atoms with van der Waals surface area (Å²) < 4.78 is 17.2. The summed E-state index contributed by atoms with van der Waals surface area (Å²) in [6.07, 6.45) is 10.2. The number of hydrogen-bond acceptors (Lipinski definition) is 4. The van der Waals surface area contributed by atoms with Crippen LogP contribution in [0.25, 0.3) is 0 Å². The van der Waals surface area contributed by atoms with Crippen molar-refractivity contribution in [1.29, 1.82) is 0 Å². The van der Waals surface area contributed by atoms with Gasteiger partial charge in [-0.1, -0.05) is 19.3 Å². The molecule has 27 heavy (non-hydrogen) atoms. The molecule has 1 aliphatic heterocycles. The zero-order valence-corrected chi connectivity index (χ0v) is 17.3. The van der Waals surface area contributed by atoms with E-state index in [-0.39, 0.29) is 0 Å². The Bertz CT molecular complexity index is 460. The molecule has 0 amide bonds. The van der Waals surface area contributed by atoms with E-state index in [0.717, 1.165) is 64.8 Å². The maximum Gasteiger partial charge on any atom is 0.191 e. The van der Waals surface area contributed by atoms with Gasteiger partial charge in [-0.3, -0.25) is 4.99 Å². The van der Waals surface area contributed by atoms with Crippen molar-refractivity contribution >= 4 is 5.96 Å². The fourth-order valence-corrected chi connectivity index (χ4v) is 4.97. The summed E-state index contributed by atoms with van der Waals surface area (Å²) in [4.78, 5) is 4.44. The van der Waals surface area contributed by atoms with Gasteiger partial charge in [0, 0.05) is 50.8 Å². The Morgan fingerprint density at radius 3 is 2.81 bits per heavy atom. The van der Waals surface area contributed by atoms with Crippen molar-refractivity contribution in [3.63, 3.8) is 0 Å². The van der Waals surface area contributed by atoms with Gasteiger partial charge < -0.3 is 24.8 Å². The molecular formula is C21H39N3O3. The summed E-state index contributed by atoms with van der Waals surface area (Å²) >= 11 is 0. The minimum atomic E-state index is 0.318. The Labute approximate surface area is 164 Å². The first-order chi connectivity index (χ1) is 13.3. The largest absolute Gasteiger partial charge is 0.381 e. The van der Waals surface area contributed by atoms with Crippen molar-refractivity contribution in [2.24, 2.45) is 16.3 Å². The lowest BCUT2D eigenvalue weighted by atomic mass is 9.55. The van der Waals surface area contributed by atoms with Crippen molar-refractivity contribution in [2.45, 2.75) is 70.4 Å². The quantitative estimate of drug-likeness (QED) is 0.365. The van der Waals surface area contributed by atoms with Crippen molar-refractivity contribution in [1.82, 2.24) is 10.6 Å². The van der Waals surface area contributed by atoms with Crippen LogP contribution in [0, 0.1) is 11.3 Å². The molecule has 2 saturated carbocycles. The molecule has 6 heteroatoms. The summed E-state index contributed by atoms with van der Waals surface area (Å²) in [6, 6.07) is 0.485. The summed E-state index contributed by atoms with van der Waals surface area (Å²) in [7, 11) is 1.86.